The van der Waals surface area contributed by atoms with Gasteiger partial charge in [-0.2, -0.15) is 0 Å². The van der Waals surface area contributed by atoms with E-state index in [4.69, 9.17) is 10.9 Å². The highest BCUT2D eigenvalue weighted by molar-refractivity contribution is 5.97. The Labute approximate surface area is 115 Å². The maximum Gasteiger partial charge on any atom is 0.170 e. The molecular formula is C15H25N3O. The van der Waals surface area contributed by atoms with Gasteiger partial charge in [0.05, 0.1) is 0 Å². The zero-order chi connectivity index (χ0) is 14.6. The van der Waals surface area contributed by atoms with Crippen LogP contribution in [0.2, 0.25) is 0 Å². The lowest BCUT2D eigenvalue weighted by Gasteiger charge is -2.27. The molecule has 1 aromatic rings. The highest BCUT2D eigenvalue weighted by Crippen LogP contribution is 2.18. The van der Waals surface area contributed by atoms with Gasteiger partial charge < -0.3 is 15.8 Å². The van der Waals surface area contributed by atoms with Gasteiger partial charge >= 0.3 is 0 Å². The van der Waals surface area contributed by atoms with E-state index in [-0.39, 0.29) is 11.3 Å². The number of benzene rings is 1. The van der Waals surface area contributed by atoms with Crippen molar-refractivity contribution in [3.63, 3.8) is 0 Å². The Morgan fingerprint density at radius 1 is 1.37 bits per heavy atom. The van der Waals surface area contributed by atoms with Crippen molar-refractivity contribution >= 4 is 5.84 Å². The van der Waals surface area contributed by atoms with Gasteiger partial charge in [0.15, 0.2) is 5.84 Å². The average Bonchev–Trinajstić information content (AvgIpc) is 2.28. The second-order valence-corrected chi connectivity index (χ2v) is 6.36. The van der Waals surface area contributed by atoms with Crippen LogP contribution >= 0.6 is 0 Å². The van der Waals surface area contributed by atoms with E-state index in [0.717, 1.165) is 24.2 Å². The molecule has 3 N–H and O–H groups in total. The quantitative estimate of drug-likeness (QED) is 0.380. The Bertz CT molecular complexity index is 461. The van der Waals surface area contributed by atoms with Gasteiger partial charge in [-0.1, -0.05) is 38.1 Å². The molecule has 4 nitrogen and oxygen atoms in total. The first kappa shape index (κ1) is 15.5. The van der Waals surface area contributed by atoms with Gasteiger partial charge in [0.25, 0.3) is 0 Å². The number of aryl methyl sites for hydroxylation is 1. The van der Waals surface area contributed by atoms with Gasteiger partial charge in [-0.25, -0.2) is 0 Å². The molecule has 0 unspecified atom stereocenters. The van der Waals surface area contributed by atoms with Crippen molar-refractivity contribution < 1.29 is 5.21 Å². The van der Waals surface area contributed by atoms with Gasteiger partial charge in [-0.3, -0.25) is 0 Å². The molecule has 1 rings (SSSR count). The first-order valence-electron chi connectivity index (χ1n) is 6.49. The van der Waals surface area contributed by atoms with Crippen molar-refractivity contribution in [1.82, 2.24) is 4.90 Å². The topological polar surface area (TPSA) is 61.9 Å². The minimum Gasteiger partial charge on any atom is -0.409 e. The van der Waals surface area contributed by atoms with Crippen molar-refractivity contribution in [1.29, 1.82) is 0 Å². The summed E-state index contributed by atoms with van der Waals surface area (Å²) in [4.78, 5) is 2.31. The molecule has 0 fully saturated rings. The fraction of sp³-hybridized carbons (Fsp3) is 0.533. The van der Waals surface area contributed by atoms with Crippen LogP contribution in [-0.2, 0) is 6.54 Å². The number of amidine groups is 1. The smallest absolute Gasteiger partial charge is 0.170 e. The number of hydrogen-bond donors (Lipinski definition) is 2. The molecule has 0 aliphatic heterocycles. The van der Waals surface area contributed by atoms with Crippen LogP contribution in [0.1, 0.15) is 37.5 Å². The van der Waals surface area contributed by atoms with E-state index in [9.17, 15) is 0 Å². The Morgan fingerprint density at radius 3 is 2.47 bits per heavy atom. The Balaban J connectivity index is 2.81. The van der Waals surface area contributed by atoms with E-state index in [2.05, 4.69) is 44.8 Å². The van der Waals surface area contributed by atoms with Gasteiger partial charge in [-0.05, 0) is 36.6 Å². The Kier molecular flexibility index (Phi) is 4.95. The minimum atomic E-state index is 0.151. The van der Waals surface area contributed by atoms with Crippen LogP contribution in [0.4, 0.5) is 0 Å². The lowest BCUT2D eigenvalue weighted by atomic mass is 9.95. The van der Waals surface area contributed by atoms with Gasteiger partial charge in [0, 0.05) is 18.7 Å². The van der Waals surface area contributed by atoms with Crippen molar-refractivity contribution in [2.45, 2.75) is 34.2 Å². The number of hydrogen-bond acceptors (Lipinski definition) is 3. The molecule has 0 bridgehead atoms. The van der Waals surface area contributed by atoms with Crippen molar-refractivity contribution in [2.24, 2.45) is 16.3 Å². The first-order valence-corrected chi connectivity index (χ1v) is 6.49. The number of nitrogens with zero attached hydrogens (tertiary/aromatic N) is 2. The van der Waals surface area contributed by atoms with Crippen LogP contribution in [0, 0.1) is 12.3 Å². The standard InChI is InChI=1S/C15H25N3O/c1-11-8-12(14(16)17-19)6-7-13(11)9-18(5)10-15(2,3)4/h6-8,19H,9-10H2,1-5H3,(H2,16,17). The molecule has 0 aliphatic rings. The largest absolute Gasteiger partial charge is 0.409 e. The van der Waals surface area contributed by atoms with E-state index in [1.807, 2.05) is 18.2 Å². The van der Waals surface area contributed by atoms with E-state index in [0.29, 0.717) is 0 Å². The summed E-state index contributed by atoms with van der Waals surface area (Å²) in [5.74, 6) is 0.151. The maximum atomic E-state index is 8.68. The third kappa shape index (κ3) is 4.91. The molecule has 0 radical (unpaired) electrons. The lowest BCUT2D eigenvalue weighted by Crippen LogP contribution is -2.29. The number of oxime groups is 1. The van der Waals surface area contributed by atoms with Gasteiger partial charge in [0.2, 0.25) is 0 Å². The van der Waals surface area contributed by atoms with Gasteiger partial charge in [0.1, 0.15) is 0 Å². The molecule has 1 aromatic carbocycles. The normalized spacial score (nSPS) is 13.1. The van der Waals surface area contributed by atoms with E-state index in [1.54, 1.807) is 0 Å². The summed E-state index contributed by atoms with van der Waals surface area (Å²) in [7, 11) is 2.13. The fourth-order valence-electron chi connectivity index (χ4n) is 2.25. The maximum absolute atomic E-state index is 8.68. The fourth-order valence-corrected chi connectivity index (χ4v) is 2.25. The van der Waals surface area contributed by atoms with Crippen LogP contribution in [0.15, 0.2) is 23.4 Å². The monoisotopic (exact) mass is 263 g/mol. The molecule has 0 saturated heterocycles. The summed E-state index contributed by atoms with van der Waals surface area (Å²) < 4.78 is 0. The van der Waals surface area contributed by atoms with Crippen molar-refractivity contribution in [3.05, 3.63) is 34.9 Å². The second kappa shape index (κ2) is 6.06. The summed E-state index contributed by atoms with van der Waals surface area (Å²) in [5.41, 5.74) is 9.05. The molecule has 0 atom stereocenters. The number of nitrogens with two attached hydrogens (primary N) is 1. The highest BCUT2D eigenvalue weighted by atomic mass is 16.4. The van der Waals surface area contributed by atoms with Crippen LogP contribution in [0.5, 0.6) is 0 Å². The lowest BCUT2D eigenvalue weighted by molar-refractivity contribution is 0.220. The molecular weight excluding hydrogens is 238 g/mol. The molecule has 0 heterocycles. The van der Waals surface area contributed by atoms with E-state index >= 15 is 0 Å². The summed E-state index contributed by atoms with van der Waals surface area (Å²) in [6, 6.07) is 5.89. The first-order chi connectivity index (χ1) is 8.73. The summed E-state index contributed by atoms with van der Waals surface area (Å²) in [6.45, 7) is 10.7. The number of rotatable bonds is 4. The third-order valence-electron chi connectivity index (χ3n) is 2.93. The van der Waals surface area contributed by atoms with Gasteiger partial charge in [-0.15, -0.1) is 0 Å². The SMILES string of the molecule is Cc1cc(/C(N)=N/O)ccc1CN(C)CC(C)(C)C. The van der Waals surface area contributed by atoms with Crippen LogP contribution in [0.25, 0.3) is 0 Å². The van der Waals surface area contributed by atoms with Crippen molar-refractivity contribution in [2.75, 3.05) is 13.6 Å². The Morgan fingerprint density at radius 2 is 2.00 bits per heavy atom. The average molecular weight is 263 g/mol. The Hall–Kier alpha value is -1.55. The highest BCUT2D eigenvalue weighted by Gasteiger charge is 2.14. The molecule has 0 amide bonds. The minimum absolute atomic E-state index is 0.151. The molecule has 0 saturated carbocycles. The molecule has 0 aliphatic carbocycles. The van der Waals surface area contributed by atoms with Crippen molar-refractivity contribution in [3.8, 4) is 0 Å². The van der Waals surface area contributed by atoms with Crippen LogP contribution in [-0.4, -0.2) is 29.5 Å². The molecule has 19 heavy (non-hydrogen) atoms. The predicted molar refractivity (Wildman–Crippen MR) is 79.5 cm³/mol. The van der Waals surface area contributed by atoms with E-state index in [1.165, 1.54) is 5.56 Å². The summed E-state index contributed by atoms with van der Waals surface area (Å²) in [6.07, 6.45) is 0. The predicted octanol–water partition coefficient (Wildman–Crippen LogP) is 2.57. The zero-order valence-corrected chi connectivity index (χ0v) is 12.6. The summed E-state index contributed by atoms with van der Waals surface area (Å²) >= 11 is 0. The van der Waals surface area contributed by atoms with Crippen LogP contribution in [0.3, 0.4) is 0 Å². The van der Waals surface area contributed by atoms with Crippen LogP contribution < -0.4 is 5.73 Å². The molecule has 0 aromatic heterocycles. The summed E-state index contributed by atoms with van der Waals surface area (Å²) in [5, 5.41) is 11.7. The molecule has 0 spiro atoms. The second-order valence-electron chi connectivity index (χ2n) is 6.36. The molecule has 106 valence electrons. The third-order valence-corrected chi connectivity index (χ3v) is 2.93. The molecule has 4 heteroatoms. The zero-order valence-electron chi connectivity index (χ0n) is 12.6. The van der Waals surface area contributed by atoms with E-state index < -0.39 is 0 Å².